The molecule has 0 aromatic rings. The summed E-state index contributed by atoms with van der Waals surface area (Å²) in [6.07, 6.45) is 2.53. The van der Waals surface area contributed by atoms with Crippen molar-refractivity contribution >= 4 is 11.9 Å². The number of carboxylic acids is 1. The molecule has 5 nitrogen and oxygen atoms in total. The number of aliphatic carboxylic acids is 1. The van der Waals surface area contributed by atoms with Gasteiger partial charge in [0.25, 0.3) is 0 Å². The second kappa shape index (κ2) is 4.18. The highest BCUT2D eigenvalue weighted by molar-refractivity contribution is 5.79. The normalized spacial score (nSPS) is 21.2. The quantitative estimate of drug-likeness (QED) is 0.655. The average Bonchev–Trinajstić information content (AvgIpc) is 2.89. The maximum atomic E-state index is 11.5. The van der Waals surface area contributed by atoms with Crippen molar-refractivity contribution in [3.05, 3.63) is 0 Å². The van der Waals surface area contributed by atoms with Gasteiger partial charge in [0.05, 0.1) is 13.0 Å². The molecule has 15 heavy (non-hydrogen) atoms. The number of amides is 1. The number of rotatable bonds is 5. The summed E-state index contributed by atoms with van der Waals surface area (Å²) >= 11 is 0. The molecule has 1 amide bonds. The number of nitrogens with one attached hydrogen (secondary N) is 1. The van der Waals surface area contributed by atoms with Crippen LogP contribution in [0, 0.1) is 5.92 Å². The monoisotopic (exact) mass is 212 g/mol. The Morgan fingerprint density at radius 2 is 2.00 bits per heavy atom. The largest absolute Gasteiger partial charge is 0.481 e. The summed E-state index contributed by atoms with van der Waals surface area (Å²) in [6.45, 7) is 1.62. The molecule has 0 bridgehead atoms. The van der Waals surface area contributed by atoms with Gasteiger partial charge in [-0.1, -0.05) is 0 Å². The summed E-state index contributed by atoms with van der Waals surface area (Å²) in [5, 5.41) is 11.7. The van der Waals surface area contributed by atoms with Gasteiger partial charge >= 0.3 is 5.97 Å². The fraction of sp³-hybridized carbons (Fsp3) is 0.800. The van der Waals surface area contributed by atoms with Crippen molar-refractivity contribution < 1.29 is 14.7 Å². The summed E-state index contributed by atoms with van der Waals surface area (Å²) < 4.78 is 0. The molecule has 1 saturated heterocycles. The highest BCUT2D eigenvalue weighted by atomic mass is 16.4. The van der Waals surface area contributed by atoms with E-state index in [0.29, 0.717) is 25.7 Å². The first kappa shape index (κ1) is 10.4. The average molecular weight is 212 g/mol. The van der Waals surface area contributed by atoms with E-state index in [2.05, 4.69) is 5.32 Å². The van der Waals surface area contributed by atoms with E-state index in [0.717, 1.165) is 0 Å². The Kier molecular flexibility index (Phi) is 2.90. The third kappa shape index (κ3) is 2.92. The van der Waals surface area contributed by atoms with Gasteiger partial charge < -0.3 is 15.3 Å². The van der Waals surface area contributed by atoms with E-state index in [9.17, 15) is 9.59 Å². The van der Waals surface area contributed by atoms with Crippen LogP contribution in [0.2, 0.25) is 0 Å². The van der Waals surface area contributed by atoms with E-state index in [1.165, 1.54) is 12.8 Å². The highest BCUT2D eigenvalue weighted by Crippen LogP contribution is 2.20. The van der Waals surface area contributed by atoms with Crippen molar-refractivity contribution in [3.63, 3.8) is 0 Å². The third-order valence-corrected chi connectivity index (χ3v) is 2.89. The first-order valence-corrected chi connectivity index (χ1v) is 5.38. The lowest BCUT2D eigenvalue weighted by atomic mass is 9.96. The fourth-order valence-corrected chi connectivity index (χ4v) is 1.78. The van der Waals surface area contributed by atoms with Crippen molar-refractivity contribution in [2.24, 2.45) is 5.92 Å². The SMILES string of the molecule is O=C(O)CC1CN(C(=O)CNC2CC2)C1. The van der Waals surface area contributed by atoms with E-state index in [-0.39, 0.29) is 18.2 Å². The molecule has 0 aromatic heterocycles. The number of carboxylic acid groups (broad SMARTS) is 1. The molecule has 0 aromatic carbocycles. The summed E-state index contributed by atoms with van der Waals surface area (Å²) in [5.74, 6) is -0.515. The van der Waals surface area contributed by atoms with Gasteiger partial charge in [-0.2, -0.15) is 0 Å². The van der Waals surface area contributed by atoms with Crippen molar-refractivity contribution in [2.45, 2.75) is 25.3 Å². The summed E-state index contributed by atoms with van der Waals surface area (Å²) in [4.78, 5) is 23.6. The van der Waals surface area contributed by atoms with Crippen LogP contribution in [0.5, 0.6) is 0 Å². The predicted molar refractivity (Wildman–Crippen MR) is 53.3 cm³/mol. The zero-order chi connectivity index (χ0) is 10.8. The molecule has 5 heteroatoms. The van der Waals surface area contributed by atoms with Crippen LogP contribution < -0.4 is 5.32 Å². The summed E-state index contributed by atoms with van der Waals surface area (Å²) in [5.41, 5.74) is 0. The molecule has 1 aliphatic carbocycles. The smallest absolute Gasteiger partial charge is 0.303 e. The van der Waals surface area contributed by atoms with Crippen molar-refractivity contribution in [1.82, 2.24) is 10.2 Å². The van der Waals surface area contributed by atoms with E-state index < -0.39 is 5.97 Å². The Bertz CT molecular complexity index is 270. The molecule has 0 radical (unpaired) electrons. The van der Waals surface area contributed by atoms with Crippen LogP contribution in [0.15, 0.2) is 0 Å². The van der Waals surface area contributed by atoms with Crippen LogP contribution in [0.4, 0.5) is 0 Å². The van der Waals surface area contributed by atoms with Gasteiger partial charge in [0.2, 0.25) is 5.91 Å². The van der Waals surface area contributed by atoms with Gasteiger partial charge in [0.15, 0.2) is 0 Å². The van der Waals surface area contributed by atoms with Gasteiger partial charge in [-0.25, -0.2) is 0 Å². The number of nitrogens with zero attached hydrogens (tertiary/aromatic N) is 1. The van der Waals surface area contributed by atoms with Gasteiger partial charge in [0.1, 0.15) is 0 Å². The van der Waals surface area contributed by atoms with Crippen molar-refractivity contribution in [1.29, 1.82) is 0 Å². The van der Waals surface area contributed by atoms with Gasteiger partial charge in [-0.15, -0.1) is 0 Å². The number of carbonyl (C=O) groups is 2. The van der Waals surface area contributed by atoms with Crippen LogP contribution in [0.3, 0.4) is 0 Å². The minimum absolute atomic E-state index is 0.100. The lowest BCUT2D eigenvalue weighted by Gasteiger charge is -2.38. The summed E-state index contributed by atoms with van der Waals surface area (Å²) in [6, 6.07) is 0.546. The standard InChI is InChI=1S/C10H16N2O3/c13-9(4-11-8-1-2-8)12-5-7(6-12)3-10(14)15/h7-8,11H,1-6H2,(H,14,15). The molecule has 2 fully saturated rings. The zero-order valence-electron chi connectivity index (χ0n) is 8.61. The second-order valence-corrected chi connectivity index (χ2v) is 4.42. The highest BCUT2D eigenvalue weighted by Gasteiger charge is 2.32. The maximum Gasteiger partial charge on any atom is 0.303 e. The maximum absolute atomic E-state index is 11.5. The number of hydrogen-bond donors (Lipinski definition) is 2. The number of hydrogen-bond acceptors (Lipinski definition) is 3. The van der Waals surface area contributed by atoms with Crippen LogP contribution in [0.25, 0.3) is 0 Å². The lowest BCUT2D eigenvalue weighted by Crippen LogP contribution is -2.53. The van der Waals surface area contributed by atoms with Crippen LogP contribution >= 0.6 is 0 Å². The first-order valence-electron chi connectivity index (χ1n) is 5.38. The van der Waals surface area contributed by atoms with E-state index in [1.54, 1.807) is 4.90 Å². The molecular formula is C10H16N2O3. The Morgan fingerprint density at radius 3 is 2.53 bits per heavy atom. The lowest BCUT2D eigenvalue weighted by molar-refractivity contribution is -0.144. The van der Waals surface area contributed by atoms with Crippen LogP contribution in [0.1, 0.15) is 19.3 Å². The van der Waals surface area contributed by atoms with Gasteiger partial charge in [0, 0.05) is 25.0 Å². The van der Waals surface area contributed by atoms with Gasteiger partial charge in [-0.05, 0) is 12.8 Å². The minimum Gasteiger partial charge on any atom is -0.481 e. The zero-order valence-corrected chi connectivity index (χ0v) is 8.61. The Hall–Kier alpha value is -1.10. The van der Waals surface area contributed by atoms with E-state index in [1.807, 2.05) is 0 Å². The molecule has 0 atom stereocenters. The van der Waals surface area contributed by atoms with E-state index in [4.69, 9.17) is 5.11 Å². The molecule has 0 unspecified atom stereocenters. The Balaban J connectivity index is 1.60. The van der Waals surface area contributed by atoms with Crippen LogP contribution in [-0.4, -0.2) is 47.6 Å². The molecule has 1 aliphatic heterocycles. The number of likely N-dealkylation sites (tertiary alicyclic amines) is 1. The van der Waals surface area contributed by atoms with Gasteiger partial charge in [-0.3, -0.25) is 9.59 Å². The molecule has 2 rings (SSSR count). The van der Waals surface area contributed by atoms with Crippen molar-refractivity contribution in [3.8, 4) is 0 Å². The fourth-order valence-electron chi connectivity index (χ4n) is 1.78. The Labute approximate surface area is 88.4 Å². The topological polar surface area (TPSA) is 69.6 Å². The summed E-state index contributed by atoms with van der Waals surface area (Å²) in [7, 11) is 0. The molecule has 0 spiro atoms. The third-order valence-electron chi connectivity index (χ3n) is 2.89. The molecule has 84 valence electrons. The number of carbonyl (C=O) groups excluding carboxylic acids is 1. The first-order chi connectivity index (χ1) is 7.15. The molecule has 2 aliphatic rings. The minimum atomic E-state index is -0.775. The Morgan fingerprint density at radius 1 is 1.33 bits per heavy atom. The molecule has 1 saturated carbocycles. The van der Waals surface area contributed by atoms with E-state index >= 15 is 0 Å². The van der Waals surface area contributed by atoms with Crippen LogP contribution in [-0.2, 0) is 9.59 Å². The molecular weight excluding hydrogens is 196 g/mol. The molecule has 1 heterocycles. The van der Waals surface area contributed by atoms with Crippen molar-refractivity contribution in [2.75, 3.05) is 19.6 Å². The molecule has 2 N–H and O–H groups in total. The predicted octanol–water partition coefficient (Wildman–Crippen LogP) is -0.329. The second-order valence-electron chi connectivity index (χ2n) is 4.42.